The quantitative estimate of drug-likeness (QED) is 0.824. The van der Waals surface area contributed by atoms with Gasteiger partial charge in [-0.1, -0.05) is 24.3 Å². The molecule has 0 bridgehead atoms. The van der Waals surface area contributed by atoms with Gasteiger partial charge < -0.3 is 4.74 Å². The zero-order chi connectivity index (χ0) is 13.2. The van der Waals surface area contributed by atoms with Crippen molar-refractivity contribution in [3.05, 3.63) is 35.4 Å². The fourth-order valence-corrected chi connectivity index (χ4v) is 3.39. The van der Waals surface area contributed by atoms with Gasteiger partial charge in [-0.3, -0.25) is 4.79 Å². The standard InChI is InChI=1S/C17H22O2/c1-19-15-8-6-13(7-9-15)12-2-4-14(5-3-12)16-10-11-17(16)18/h2-5,13,15-16H,6-11H2,1H3. The summed E-state index contributed by atoms with van der Waals surface area (Å²) in [6.45, 7) is 0. The van der Waals surface area contributed by atoms with Crippen molar-refractivity contribution in [3.8, 4) is 0 Å². The van der Waals surface area contributed by atoms with Gasteiger partial charge in [0.15, 0.2) is 0 Å². The van der Waals surface area contributed by atoms with E-state index >= 15 is 0 Å². The zero-order valence-corrected chi connectivity index (χ0v) is 11.6. The molecule has 1 aromatic rings. The molecule has 1 unspecified atom stereocenters. The van der Waals surface area contributed by atoms with Crippen molar-refractivity contribution in [3.63, 3.8) is 0 Å². The second-order valence-electron chi connectivity index (χ2n) is 5.93. The minimum Gasteiger partial charge on any atom is -0.381 e. The van der Waals surface area contributed by atoms with Crippen LogP contribution in [0.3, 0.4) is 0 Å². The van der Waals surface area contributed by atoms with E-state index in [0.717, 1.165) is 12.8 Å². The molecule has 2 aliphatic rings. The second-order valence-corrected chi connectivity index (χ2v) is 5.93. The van der Waals surface area contributed by atoms with Crippen LogP contribution in [0.5, 0.6) is 0 Å². The van der Waals surface area contributed by atoms with E-state index < -0.39 is 0 Å². The van der Waals surface area contributed by atoms with Crippen molar-refractivity contribution >= 4 is 5.78 Å². The van der Waals surface area contributed by atoms with Crippen molar-refractivity contribution in [1.82, 2.24) is 0 Å². The van der Waals surface area contributed by atoms with Crippen molar-refractivity contribution in [1.29, 1.82) is 0 Å². The number of benzene rings is 1. The maximum Gasteiger partial charge on any atom is 0.140 e. The number of ketones is 1. The Hall–Kier alpha value is -1.15. The number of rotatable bonds is 3. The van der Waals surface area contributed by atoms with E-state index in [-0.39, 0.29) is 5.92 Å². The van der Waals surface area contributed by atoms with Gasteiger partial charge in [0.05, 0.1) is 6.10 Å². The van der Waals surface area contributed by atoms with Gasteiger partial charge in [-0.15, -0.1) is 0 Å². The SMILES string of the molecule is COC1CCC(c2ccc(C3CCC3=O)cc2)CC1. The molecule has 0 radical (unpaired) electrons. The van der Waals surface area contributed by atoms with Crippen LogP contribution in [0.2, 0.25) is 0 Å². The molecule has 2 aliphatic carbocycles. The topological polar surface area (TPSA) is 26.3 Å². The molecule has 1 atom stereocenters. The maximum absolute atomic E-state index is 11.5. The number of methoxy groups -OCH3 is 1. The van der Waals surface area contributed by atoms with Crippen LogP contribution in [0, 0.1) is 0 Å². The lowest BCUT2D eigenvalue weighted by molar-refractivity contribution is -0.125. The number of carbonyl (C=O) groups is 1. The molecule has 2 saturated carbocycles. The number of Topliss-reactive ketones (excluding diaryl/α,β-unsaturated/α-hetero) is 1. The summed E-state index contributed by atoms with van der Waals surface area (Å²) in [6.07, 6.45) is 7.06. The third-order valence-corrected chi connectivity index (χ3v) is 4.89. The van der Waals surface area contributed by atoms with E-state index in [1.807, 2.05) is 7.11 Å². The average molecular weight is 258 g/mol. The Kier molecular flexibility index (Phi) is 3.69. The van der Waals surface area contributed by atoms with Crippen LogP contribution >= 0.6 is 0 Å². The van der Waals surface area contributed by atoms with Gasteiger partial charge >= 0.3 is 0 Å². The normalized spacial score (nSPS) is 31.0. The van der Waals surface area contributed by atoms with Gasteiger partial charge in [-0.05, 0) is 49.1 Å². The molecule has 0 N–H and O–H groups in total. The Labute approximate surface area is 115 Å². The highest BCUT2D eigenvalue weighted by atomic mass is 16.5. The van der Waals surface area contributed by atoms with E-state index in [1.54, 1.807) is 0 Å². The van der Waals surface area contributed by atoms with E-state index in [4.69, 9.17) is 4.74 Å². The van der Waals surface area contributed by atoms with Gasteiger partial charge in [0.1, 0.15) is 5.78 Å². The average Bonchev–Trinajstić information content (AvgIpc) is 2.47. The van der Waals surface area contributed by atoms with Crippen LogP contribution < -0.4 is 0 Å². The van der Waals surface area contributed by atoms with E-state index in [1.165, 1.54) is 36.8 Å². The van der Waals surface area contributed by atoms with E-state index in [0.29, 0.717) is 17.8 Å². The van der Waals surface area contributed by atoms with Gasteiger partial charge in [0.2, 0.25) is 0 Å². The lowest BCUT2D eigenvalue weighted by atomic mass is 9.77. The number of ether oxygens (including phenoxy) is 1. The lowest BCUT2D eigenvalue weighted by Crippen LogP contribution is -2.23. The molecule has 3 rings (SSSR count). The number of hydrogen-bond donors (Lipinski definition) is 0. The first-order valence-corrected chi connectivity index (χ1v) is 7.43. The summed E-state index contributed by atoms with van der Waals surface area (Å²) < 4.78 is 5.42. The molecule has 0 aliphatic heterocycles. The van der Waals surface area contributed by atoms with Crippen molar-refractivity contribution in [2.45, 2.75) is 56.5 Å². The van der Waals surface area contributed by atoms with Crippen LogP contribution in [-0.2, 0) is 9.53 Å². The fraction of sp³-hybridized carbons (Fsp3) is 0.588. The maximum atomic E-state index is 11.5. The first kappa shape index (κ1) is 12.9. The summed E-state index contributed by atoms with van der Waals surface area (Å²) in [7, 11) is 1.81. The van der Waals surface area contributed by atoms with Crippen LogP contribution in [0.25, 0.3) is 0 Å². The minimum absolute atomic E-state index is 0.193. The fourth-order valence-electron chi connectivity index (χ4n) is 3.39. The van der Waals surface area contributed by atoms with Crippen LogP contribution in [0.1, 0.15) is 61.5 Å². The summed E-state index contributed by atoms with van der Waals surface area (Å²) in [5, 5.41) is 0. The lowest BCUT2D eigenvalue weighted by Gasteiger charge is -2.28. The van der Waals surface area contributed by atoms with Gasteiger partial charge in [0.25, 0.3) is 0 Å². The highest BCUT2D eigenvalue weighted by molar-refractivity contribution is 5.91. The molecule has 2 heteroatoms. The Morgan fingerprint density at radius 1 is 0.947 bits per heavy atom. The van der Waals surface area contributed by atoms with Crippen LogP contribution in [-0.4, -0.2) is 19.0 Å². The van der Waals surface area contributed by atoms with E-state index in [9.17, 15) is 4.79 Å². The Bertz CT molecular complexity index is 441. The number of hydrogen-bond acceptors (Lipinski definition) is 2. The molecule has 0 aromatic heterocycles. The molecule has 2 nitrogen and oxygen atoms in total. The largest absolute Gasteiger partial charge is 0.381 e. The van der Waals surface area contributed by atoms with E-state index in [2.05, 4.69) is 24.3 Å². The first-order chi connectivity index (χ1) is 9.28. The molecule has 0 amide bonds. The first-order valence-electron chi connectivity index (χ1n) is 7.43. The molecule has 102 valence electrons. The molecular formula is C17H22O2. The molecule has 1 aromatic carbocycles. The van der Waals surface area contributed by atoms with Crippen molar-refractivity contribution < 1.29 is 9.53 Å². The zero-order valence-electron chi connectivity index (χ0n) is 11.6. The molecule has 0 saturated heterocycles. The molecule has 2 fully saturated rings. The smallest absolute Gasteiger partial charge is 0.140 e. The molecule has 19 heavy (non-hydrogen) atoms. The third kappa shape index (κ3) is 2.59. The predicted octanol–water partition coefficient (Wildman–Crippen LogP) is 3.81. The van der Waals surface area contributed by atoms with Crippen LogP contribution in [0.15, 0.2) is 24.3 Å². The summed E-state index contributed by atoms with van der Waals surface area (Å²) in [5.41, 5.74) is 2.65. The van der Waals surface area contributed by atoms with Gasteiger partial charge in [-0.2, -0.15) is 0 Å². The summed E-state index contributed by atoms with van der Waals surface area (Å²) in [5.74, 6) is 1.28. The Morgan fingerprint density at radius 2 is 1.58 bits per heavy atom. The summed E-state index contributed by atoms with van der Waals surface area (Å²) in [6, 6.07) is 8.80. The monoisotopic (exact) mass is 258 g/mol. The minimum atomic E-state index is 0.193. The Balaban J connectivity index is 1.64. The van der Waals surface area contributed by atoms with Crippen LogP contribution in [0.4, 0.5) is 0 Å². The van der Waals surface area contributed by atoms with Crippen molar-refractivity contribution in [2.24, 2.45) is 0 Å². The second kappa shape index (κ2) is 5.46. The van der Waals surface area contributed by atoms with Gasteiger partial charge in [0, 0.05) is 19.4 Å². The molecular weight excluding hydrogens is 236 g/mol. The summed E-state index contributed by atoms with van der Waals surface area (Å²) >= 11 is 0. The highest BCUT2D eigenvalue weighted by Gasteiger charge is 2.29. The Morgan fingerprint density at radius 3 is 2.05 bits per heavy atom. The van der Waals surface area contributed by atoms with Gasteiger partial charge in [-0.25, -0.2) is 0 Å². The van der Waals surface area contributed by atoms with Crippen molar-refractivity contribution in [2.75, 3.05) is 7.11 Å². The molecule has 0 spiro atoms. The number of carbonyl (C=O) groups excluding carboxylic acids is 1. The molecule has 0 heterocycles. The summed E-state index contributed by atoms with van der Waals surface area (Å²) in [4.78, 5) is 11.5. The highest BCUT2D eigenvalue weighted by Crippen LogP contribution is 2.36. The predicted molar refractivity (Wildman–Crippen MR) is 75.4 cm³/mol. The third-order valence-electron chi connectivity index (χ3n) is 4.89.